The van der Waals surface area contributed by atoms with Crippen LogP contribution in [-0.4, -0.2) is 35.9 Å². The van der Waals surface area contributed by atoms with Crippen molar-refractivity contribution in [3.05, 3.63) is 84.1 Å². The highest BCUT2D eigenvalue weighted by molar-refractivity contribution is 7.89. The van der Waals surface area contributed by atoms with Crippen molar-refractivity contribution >= 4 is 38.6 Å². The van der Waals surface area contributed by atoms with Crippen molar-refractivity contribution in [1.82, 2.24) is 9.84 Å². The fourth-order valence-corrected chi connectivity index (χ4v) is 5.74. The monoisotopic (exact) mass is 521 g/mol. The molecule has 1 heterocycles. The van der Waals surface area contributed by atoms with E-state index in [4.69, 9.17) is 10.2 Å². The average Bonchev–Trinajstić information content (AvgIpc) is 3.21. The standard InChI is InChI=1S/C27H27N3O6S/c1-16(2)24(27(32)33)30(29-26(31)25-17(3)23-21(28)10-7-11-22(23)36-25)37(34,35)20-14-12-19(13-15-20)18-8-5-4-6-9-18/h4-16,24H,28H2,1-3H3,(H,29,31)(H,32,33). The number of nitrogen functional groups attached to an aromatic ring is 1. The van der Waals surface area contributed by atoms with Gasteiger partial charge in [0, 0.05) is 16.6 Å². The molecule has 3 aromatic carbocycles. The number of amides is 1. The van der Waals surface area contributed by atoms with Gasteiger partial charge in [0.1, 0.15) is 11.6 Å². The Balaban J connectivity index is 1.75. The molecule has 0 aliphatic rings. The Morgan fingerprint density at radius 2 is 1.57 bits per heavy atom. The number of hydrogen-bond donors (Lipinski definition) is 3. The largest absolute Gasteiger partial charge is 0.480 e. The van der Waals surface area contributed by atoms with Crippen LogP contribution in [0.1, 0.15) is 30.0 Å². The number of carbonyl (C=O) groups is 2. The van der Waals surface area contributed by atoms with E-state index >= 15 is 0 Å². The fourth-order valence-electron chi connectivity index (χ4n) is 4.20. The number of benzene rings is 3. The number of nitrogens with one attached hydrogen (secondary N) is 1. The van der Waals surface area contributed by atoms with Crippen molar-refractivity contribution in [2.24, 2.45) is 5.92 Å². The van der Waals surface area contributed by atoms with Crippen LogP contribution in [0, 0.1) is 12.8 Å². The molecular formula is C27H27N3O6S. The minimum Gasteiger partial charge on any atom is -0.480 e. The van der Waals surface area contributed by atoms with Crippen molar-refractivity contribution in [3.63, 3.8) is 0 Å². The lowest BCUT2D eigenvalue weighted by Gasteiger charge is -2.30. The van der Waals surface area contributed by atoms with E-state index in [0.717, 1.165) is 11.1 Å². The third-order valence-electron chi connectivity index (χ3n) is 6.06. The first-order valence-electron chi connectivity index (χ1n) is 11.5. The first kappa shape index (κ1) is 25.9. The summed E-state index contributed by atoms with van der Waals surface area (Å²) in [6.45, 7) is 4.73. The lowest BCUT2D eigenvalue weighted by molar-refractivity contribution is -0.143. The number of carboxylic acids is 1. The summed E-state index contributed by atoms with van der Waals surface area (Å²) in [6.07, 6.45) is 0. The summed E-state index contributed by atoms with van der Waals surface area (Å²) < 4.78 is 33.6. The number of aliphatic carboxylic acids is 1. The summed E-state index contributed by atoms with van der Waals surface area (Å²) in [5.41, 5.74) is 11.1. The molecule has 0 radical (unpaired) electrons. The summed E-state index contributed by atoms with van der Waals surface area (Å²) in [4.78, 5) is 25.3. The Morgan fingerprint density at radius 1 is 0.946 bits per heavy atom. The van der Waals surface area contributed by atoms with Crippen LogP contribution < -0.4 is 11.2 Å². The lowest BCUT2D eigenvalue weighted by Crippen LogP contribution is -2.56. The van der Waals surface area contributed by atoms with E-state index in [-0.39, 0.29) is 10.7 Å². The van der Waals surface area contributed by atoms with E-state index in [1.165, 1.54) is 12.1 Å². The second-order valence-corrected chi connectivity index (χ2v) is 10.8. The van der Waals surface area contributed by atoms with Crippen molar-refractivity contribution < 1.29 is 27.5 Å². The van der Waals surface area contributed by atoms with Crippen LogP contribution in [0.5, 0.6) is 0 Å². The van der Waals surface area contributed by atoms with Gasteiger partial charge in [-0.05, 0) is 48.2 Å². The minimum absolute atomic E-state index is 0.166. The van der Waals surface area contributed by atoms with Gasteiger partial charge in [0.05, 0.1) is 4.90 Å². The van der Waals surface area contributed by atoms with Crippen molar-refractivity contribution in [2.75, 3.05) is 5.73 Å². The smallest absolute Gasteiger partial charge is 0.324 e. The van der Waals surface area contributed by atoms with Crippen molar-refractivity contribution in [1.29, 1.82) is 0 Å². The van der Waals surface area contributed by atoms with E-state index in [0.29, 0.717) is 26.6 Å². The van der Waals surface area contributed by atoms with Gasteiger partial charge in [-0.1, -0.05) is 66.8 Å². The molecule has 1 atom stereocenters. The van der Waals surface area contributed by atoms with Crippen LogP contribution in [0.4, 0.5) is 5.69 Å². The minimum atomic E-state index is -4.49. The maximum atomic E-state index is 13.7. The van der Waals surface area contributed by atoms with Gasteiger partial charge in [-0.2, -0.15) is 0 Å². The molecule has 0 fully saturated rings. The molecule has 37 heavy (non-hydrogen) atoms. The van der Waals surface area contributed by atoms with E-state index in [1.807, 2.05) is 30.3 Å². The molecule has 192 valence electrons. The fraction of sp³-hybridized carbons (Fsp3) is 0.185. The zero-order chi connectivity index (χ0) is 26.9. The number of aryl methyl sites for hydroxylation is 1. The SMILES string of the molecule is Cc1c(C(=O)NN(C(C(=O)O)C(C)C)S(=O)(=O)c2ccc(-c3ccccc3)cc2)oc2cccc(N)c12. The van der Waals surface area contributed by atoms with Crippen LogP contribution in [0.15, 0.2) is 82.1 Å². The summed E-state index contributed by atoms with van der Waals surface area (Å²) in [6, 6.07) is 18.7. The molecule has 0 aliphatic heterocycles. The quantitative estimate of drug-likeness (QED) is 0.230. The molecule has 1 amide bonds. The number of hydrogen-bond acceptors (Lipinski definition) is 6. The molecule has 9 nitrogen and oxygen atoms in total. The van der Waals surface area contributed by atoms with Crippen molar-refractivity contribution in [2.45, 2.75) is 31.7 Å². The number of furan rings is 1. The molecular weight excluding hydrogens is 494 g/mol. The van der Waals surface area contributed by atoms with Crippen LogP contribution in [0.3, 0.4) is 0 Å². The van der Waals surface area contributed by atoms with Gasteiger partial charge >= 0.3 is 11.9 Å². The molecule has 0 aliphatic carbocycles. The number of nitrogens with two attached hydrogens (primary N) is 1. The first-order chi connectivity index (χ1) is 17.5. The number of hydrazine groups is 1. The third kappa shape index (κ3) is 4.93. The molecule has 0 bridgehead atoms. The highest BCUT2D eigenvalue weighted by atomic mass is 32.2. The first-order valence-corrected chi connectivity index (χ1v) is 13.0. The maximum Gasteiger partial charge on any atom is 0.324 e. The maximum absolute atomic E-state index is 13.7. The number of carbonyl (C=O) groups excluding carboxylic acids is 1. The second kappa shape index (κ2) is 10.1. The van der Waals surface area contributed by atoms with Gasteiger partial charge in [-0.25, -0.2) is 8.42 Å². The molecule has 4 N–H and O–H groups in total. The number of fused-ring (bicyclic) bond motifs is 1. The molecule has 1 unspecified atom stereocenters. The number of carboxylic acid groups (broad SMARTS) is 1. The van der Waals surface area contributed by atoms with E-state index in [2.05, 4.69) is 5.43 Å². The zero-order valence-electron chi connectivity index (χ0n) is 20.5. The number of sulfonamides is 1. The Morgan fingerprint density at radius 3 is 2.14 bits per heavy atom. The summed E-state index contributed by atoms with van der Waals surface area (Å²) in [5, 5.41) is 10.4. The van der Waals surface area contributed by atoms with Gasteiger partial charge in [-0.15, -0.1) is 0 Å². The third-order valence-corrected chi connectivity index (χ3v) is 7.76. The van der Waals surface area contributed by atoms with Gasteiger partial charge in [0.25, 0.3) is 10.0 Å². The van der Waals surface area contributed by atoms with Gasteiger partial charge in [-0.3, -0.25) is 15.0 Å². The number of anilines is 1. The van der Waals surface area contributed by atoms with E-state index in [1.54, 1.807) is 51.1 Å². The summed E-state index contributed by atoms with van der Waals surface area (Å²) in [7, 11) is -4.49. The van der Waals surface area contributed by atoms with Crippen molar-refractivity contribution in [3.8, 4) is 11.1 Å². The topological polar surface area (TPSA) is 143 Å². The normalized spacial score (nSPS) is 12.7. The molecule has 10 heteroatoms. The average molecular weight is 522 g/mol. The second-order valence-electron chi connectivity index (χ2n) is 8.94. The van der Waals surface area contributed by atoms with Crippen LogP contribution >= 0.6 is 0 Å². The molecule has 4 aromatic rings. The predicted molar refractivity (Wildman–Crippen MR) is 140 cm³/mol. The summed E-state index contributed by atoms with van der Waals surface area (Å²) in [5.74, 6) is -3.17. The number of nitrogens with zero attached hydrogens (tertiary/aromatic N) is 1. The van der Waals surface area contributed by atoms with Gasteiger partial charge in [0.15, 0.2) is 5.76 Å². The predicted octanol–water partition coefficient (Wildman–Crippen LogP) is 4.44. The molecule has 0 spiro atoms. The molecule has 1 aromatic heterocycles. The Bertz CT molecular complexity index is 1560. The Kier molecular flexibility index (Phi) is 7.06. The Labute approximate surface area is 214 Å². The van der Waals surface area contributed by atoms with E-state index in [9.17, 15) is 23.1 Å². The lowest BCUT2D eigenvalue weighted by atomic mass is 10.1. The number of rotatable bonds is 8. The summed E-state index contributed by atoms with van der Waals surface area (Å²) >= 11 is 0. The molecule has 4 rings (SSSR count). The Hall–Kier alpha value is -4.15. The molecule has 0 saturated heterocycles. The van der Waals surface area contributed by atoms with Crippen LogP contribution in [-0.2, 0) is 14.8 Å². The molecule has 0 saturated carbocycles. The van der Waals surface area contributed by atoms with Gasteiger partial charge < -0.3 is 15.3 Å². The zero-order valence-corrected chi connectivity index (χ0v) is 21.3. The highest BCUT2D eigenvalue weighted by Crippen LogP contribution is 2.31. The van der Waals surface area contributed by atoms with E-state index < -0.39 is 33.9 Å². The van der Waals surface area contributed by atoms with Gasteiger partial charge in [0.2, 0.25) is 0 Å². The highest BCUT2D eigenvalue weighted by Gasteiger charge is 2.40. The van der Waals surface area contributed by atoms with Crippen LogP contribution in [0.25, 0.3) is 22.1 Å². The van der Waals surface area contributed by atoms with Crippen LogP contribution in [0.2, 0.25) is 0 Å².